The highest BCUT2D eigenvalue weighted by Crippen LogP contribution is 2.31. The lowest BCUT2D eigenvalue weighted by Crippen LogP contribution is -2.32. The first-order valence-corrected chi connectivity index (χ1v) is 7.32. The van der Waals surface area contributed by atoms with Gasteiger partial charge in [0, 0.05) is 16.5 Å². The zero-order chi connectivity index (χ0) is 13.9. The lowest BCUT2D eigenvalue weighted by Gasteiger charge is -2.26. The Morgan fingerprint density at radius 1 is 1.15 bits per heavy atom. The van der Waals surface area contributed by atoms with E-state index in [-0.39, 0.29) is 11.9 Å². The Kier molecular flexibility index (Phi) is 3.74. The van der Waals surface area contributed by atoms with Gasteiger partial charge in [0.25, 0.3) is 5.91 Å². The van der Waals surface area contributed by atoms with Gasteiger partial charge >= 0.3 is 0 Å². The Balaban J connectivity index is 1.83. The van der Waals surface area contributed by atoms with Gasteiger partial charge in [-0.3, -0.25) is 4.79 Å². The van der Waals surface area contributed by atoms with Crippen LogP contribution < -0.4 is 10.1 Å². The molecule has 1 amide bonds. The van der Waals surface area contributed by atoms with Crippen molar-refractivity contribution in [2.24, 2.45) is 0 Å². The summed E-state index contributed by atoms with van der Waals surface area (Å²) in [5.74, 6) is 0.787. The van der Waals surface area contributed by atoms with E-state index >= 15 is 0 Å². The van der Waals surface area contributed by atoms with Crippen molar-refractivity contribution in [3.63, 3.8) is 0 Å². The molecular weight excluding hydrogens is 318 g/mol. The quantitative estimate of drug-likeness (QED) is 0.911. The number of fused-ring (bicyclic) bond motifs is 1. The SMILES string of the molecule is O=C(NC1CCOc2ccccc21)c1ccccc1Br. The van der Waals surface area contributed by atoms with Crippen LogP contribution in [-0.2, 0) is 0 Å². The lowest BCUT2D eigenvalue weighted by molar-refractivity contribution is 0.0924. The number of benzene rings is 2. The third kappa shape index (κ3) is 2.56. The Bertz CT molecular complexity index is 642. The minimum atomic E-state index is -0.0702. The van der Waals surface area contributed by atoms with Crippen LogP contribution in [0.2, 0.25) is 0 Å². The number of hydrogen-bond acceptors (Lipinski definition) is 2. The van der Waals surface area contributed by atoms with Crippen LogP contribution in [0, 0.1) is 0 Å². The van der Waals surface area contributed by atoms with Crippen molar-refractivity contribution in [2.75, 3.05) is 6.61 Å². The molecule has 0 radical (unpaired) electrons. The second kappa shape index (κ2) is 5.67. The summed E-state index contributed by atoms with van der Waals surface area (Å²) >= 11 is 3.41. The highest BCUT2D eigenvalue weighted by Gasteiger charge is 2.23. The Morgan fingerprint density at radius 2 is 1.90 bits per heavy atom. The summed E-state index contributed by atoms with van der Waals surface area (Å²) in [7, 11) is 0. The van der Waals surface area contributed by atoms with Gasteiger partial charge in [-0.2, -0.15) is 0 Å². The van der Waals surface area contributed by atoms with Gasteiger partial charge in [-0.15, -0.1) is 0 Å². The van der Waals surface area contributed by atoms with Crippen LogP contribution in [0.15, 0.2) is 53.0 Å². The van der Waals surface area contributed by atoms with E-state index in [9.17, 15) is 4.79 Å². The van der Waals surface area contributed by atoms with Gasteiger partial charge in [-0.1, -0.05) is 30.3 Å². The van der Waals surface area contributed by atoms with Gasteiger partial charge in [0.05, 0.1) is 18.2 Å². The van der Waals surface area contributed by atoms with E-state index in [1.54, 1.807) is 0 Å². The van der Waals surface area contributed by atoms with Crippen molar-refractivity contribution in [2.45, 2.75) is 12.5 Å². The number of halogens is 1. The fourth-order valence-electron chi connectivity index (χ4n) is 2.37. The Hall–Kier alpha value is -1.81. The molecule has 3 nitrogen and oxygen atoms in total. The zero-order valence-corrected chi connectivity index (χ0v) is 12.4. The van der Waals surface area contributed by atoms with Crippen LogP contribution in [-0.4, -0.2) is 12.5 Å². The molecule has 1 atom stereocenters. The maximum Gasteiger partial charge on any atom is 0.252 e. The number of amides is 1. The smallest absolute Gasteiger partial charge is 0.252 e. The number of nitrogens with one attached hydrogen (secondary N) is 1. The van der Waals surface area contributed by atoms with E-state index in [4.69, 9.17) is 4.74 Å². The maximum absolute atomic E-state index is 12.4. The molecule has 102 valence electrons. The molecule has 1 N–H and O–H groups in total. The van der Waals surface area contributed by atoms with Crippen molar-refractivity contribution < 1.29 is 9.53 Å². The van der Waals surface area contributed by atoms with Gasteiger partial charge in [-0.25, -0.2) is 0 Å². The normalized spacial score (nSPS) is 16.9. The third-order valence-corrected chi connectivity index (χ3v) is 4.07. The van der Waals surface area contributed by atoms with Gasteiger partial charge in [-0.05, 0) is 34.1 Å². The second-order valence-corrected chi connectivity index (χ2v) is 5.54. The molecule has 0 spiro atoms. The lowest BCUT2D eigenvalue weighted by atomic mass is 10.00. The van der Waals surface area contributed by atoms with E-state index in [2.05, 4.69) is 21.2 Å². The molecule has 0 saturated heterocycles. The number of rotatable bonds is 2. The van der Waals surface area contributed by atoms with E-state index < -0.39 is 0 Å². The average Bonchev–Trinajstić information content (AvgIpc) is 2.48. The summed E-state index contributed by atoms with van der Waals surface area (Å²) in [5, 5.41) is 3.08. The van der Waals surface area contributed by atoms with Crippen molar-refractivity contribution in [1.29, 1.82) is 0 Å². The molecule has 1 heterocycles. The monoisotopic (exact) mass is 331 g/mol. The number of carbonyl (C=O) groups excluding carboxylic acids is 1. The van der Waals surface area contributed by atoms with E-state index in [1.165, 1.54) is 0 Å². The molecule has 3 rings (SSSR count). The van der Waals surface area contributed by atoms with Crippen LogP contribution >= 0.6 is 15.9 Å². The summed E-state index contributed by atoms with van der Waals surface area (Å²) in [6, 6.07) is 15.3. The maximum atomic E-state index is 12.4. The molecule has 0 saturated carbocycles. The second-order valence-electron chi connectivity index (χ2n) is 4.68. The third-order valence-electron chi connectivity index (χ3n) is 3.38. The molecule has 0 fully saturated rings. The molecule has 2 aromatic carbocycles. The molecule has 1 aliphatic heterocycles. The van der Waals surface area contributed by atoms with Gasteiger partial charge in [0.1, 0.15) is 5.75 Å². The fraction of sp³-hybridized carbons (Fsp3) is 0.188. The molecule has 0 aromatic heterocycles. The predicted molar refractivity (Wildman–Crippen MR) is 80.9 cm³/mol. The predicted octanol–water partition coefficient (Wildman–Crippen LogP) is 3.70. The summed E-state index contributed by atoms with van der Waals surface area (Å²) in [6.45, 7) is 0.623. The summed E-state index contributed by atoms with van der Waals surface area (Å²) in [4.78, 5) is 12.4. The zero-order valence-electron chi connectivity index (χ0n) is 10.8. The fourth-order valence-corrected chi connectivity index (χ4v) is 2.84. The van der Waals surface area contributed by atoms with E-state index in [0.29, 0.717) is 12.2 Å². The molecule has 1 aliphatic rings. The van der Waals surface area contributed by atoms with E-state index in [0.717, 1.165) is 22.2 Å². The minimum Gasteiger partial charge on any atom is -0.493 e. The van der Waals surface area contributed by atoms with Gasteiger partial charge in [0.15, 0.2) is 0 Å². The summed E-state index contributed by atoms with van der Waals surface area (Å²) in [6.07, 6.45) is 0.785. The van der Waals surface area contributed by atoms with Gasteiger partial charge in [0.2, 0.25) is 0 Å². The molecule has 2 aromatic rings. The van der Waals surface area contributed by atoms with Crippen LogP contribution in [0.4, 0.5) is 0 Å². The van der Waals surface area contributed by atoms with E-state index in [1.807, 2.05) is 48.5 Å². The Labute approximate surface area is 126 Å². The number of para-hydroxylation sites is 1. The molecule has 1 unspecified atom stereocenters. The van der Waals surface area contributed by atoms with Crippen LogP contribution in [0.3, 0.4) is 0 Å². The molecule has 20 heavy (non-hydrogen) atoms. The number of hydrogen-bond donors (Lipinski definition) is 1. The molecule has 0 bridgehead atoms. The summed E-state index contributed by atoms with van der Waals surface area (Å²) < 4.78 is 6.41. The Morgan fingerprint density at radius 3 is 2.75 bits per heavy atom. The first-order chi connectivity index (χ1) is 9.75. The van der Waals surface area contributed by atoms with Gasteiger partial charge < -0.3 is 10.1 Å². The van der Waals surface area contributed by atoms with Crippen molar-refractivity contribution in [3.8, 4) is 5.75 Å². The largest absolute Gasteiger partial charge is 0.493 e. The topological polar surface area (TPSA) is 38.3 Å². The van der Waals surface area contributed by atoms with Crippen molar-refractivity contribution >= 4 is 21.8 Å². The van der Waals surface area contributed by atoms with Crippen molar-refractivity contribution in [1.82, 2.24) is 5.32 Å². The highest BCUT2D eigenvalue weighted by molar-refractivity contribution is 9.10. The first kappa shape index (κ1) is 13.2. The standard InChI is InChI=1S/C16H14BrNO2/c17-13-7-3-1-5-11(13)16(19)18-14-9-10-20-15-8-4-2-6-12(14)15/h1-8,14H,9-10H2,(H,18,19). The van der Waals surface area contributed by atoms with Crippen LogP contribution in [0.25, 0.3) is 0 Å². The van der Waals surface area contributed by atoms with Crippen molar-refractivity contribution in [3.05, 3.63) is 64.1 Å². The average molecular weight is 332 g/mol. The minimum absolute atomic E-state index is 0.000411. The summed E-state index contributed by atoms with van der Waals surface area (Å²) in [5.41, 5.74) is 1.69. The highest BCUT2D eigenvalue weighted by atomic mass is 79.9. The molecular formula is C16H14BrNO2. The van der Waals surface area contributed by atoms with Crippen LogP contribution in [0.5, 0.6) is 5.75 Å². The molecule has 0 aliphatic carbocycles. The number of ether oxygens (including phenoxy) is 1. The number of carbonyl (C=O) groups is 1. The molecule has 4 heteroatoms. The van der Waals surface area contributed by atoms with Crippen LogP contribution in [0.1, 0.15) is 28.4 Å². The first-order valence-electron chi connectivity index (χ1n) is 6.53.